The first-order valence-corrected chi connectivity index (χ1v) is 5.27. The summed E-state index contributed by atoms with van der Waals surface area (Å²) in [7, 11) is 0. The monoisotopic (exact) mass is 324 g/mol. The molecule has 0 N–H and O–H groups in total. The van der Waals surface area contributed by atoms with Gasteiger partial charge in [-0.1, -0.05) is 23.2 Å². The molecule has 0 aliphatic heterocycles. The van der Waals surface area contributed by atoms with Gasteiger partial charge in [-0.25, -0.2) is 4.98 Å². The highest BCUT2D eigenvalue weighted by atomic mass is 127. The molecule has 66 valence electrons. The molecule has 0 atom stereocenters. The Morgan fingerprint density at radius 1 is 1.15 bits per heavy atom. The zero-order valence-electron chi connectivity index (χ0n) is 6.26. The minimum atomic E-state index is 0.409. The fourth-order valence-electron chi connectivity index (χ4n) is 1.03. The second-order valence-electron chi connectivity index (χ2n) is 2.45. The van der Waals surface area contributed by atoms with E-state index in [-0.39, 0.29) is 0 Å². The lowest BCUT2D eigenvalue weighted by atomic mass is 10.3. The lowest BCUT2D eigenvalue weighted by Crippen LogP contribution is -1.86. The van der Waals surface area contributed by atoms with E-state index in [1.165, 1.54) is 0 Å². The van der Waals surface area contributed by atoms with Gasteiger partial charge in [0.1, 0.15) is 5.52 Å². The van der Waals surface area contributed by atoms with Gasteiger partial charge in [-0.3, -0.25) is 4.98 Å². The maximum atomic E-state index is 5.86. The number of halogens is 3. The van der Waals surface area contributed by atoms with E-state index in [1.807, 2.05) is 6.07 Å². The van der Waals surface area contributed by atoms with Crippen LogP contribution in [0.5, 0.6) is 0 Å². The average Bonchev–Trinajstić information content (AvgIpc) is 2.12. The third kappa shape index (κ3) is 1.73. The molecule has 5 heteroatoms. The fraction of sp³-hybridized carbons (Fsp3) is 0. The molecule has 0 radical (unpaired) electrons. The third-order valence-electron chi connectivity index (χ3n) is 1.60. The van der Waals surface area contributed by atoms with Crippen LogP contribution in [-0.2, 0) is 0 Å². The van der Waals surface area contributed by atoms with E-state index in [2.05, 4.69) is 32.6 Å². The van der Waals surface area contributed by atoms with Crippen molar-refractivity contribution in [1.82, 2.24) is 9.97 Å². The van der Waals surface area contributed by atoms with Crippen molar-refractivity contribution >= 4 is 56.7 Å². The van der Waals surface area contributed by atoms with Crippen LogP contribution in [0.3, 0.4) is 0 Å². The Kier molecular flexibility index (Phi) is 2.58. The maximum absolute atomic E-state index is 5.86. The molecular formula is C8H3Cl2IN2. The highest BCUT2D eigenvalue weighted by Gasteiger charge is 2.05. The Labute approximate surface area is 98.4 Å². The molecule has 0 aromatic carbocycles. The highest BCUT2D eigenvalue weighted by Crippen LogP contribution is 2.25. The van der Waals surface area contributed by atoms with Crippen molar-refractivity contribution in [3.05, 3.63) is 32.2 Å². The largest absolute Gasteiger partial charge is 0.251 e. The number of nitrogens with zero attached hydrogens (tertiary/aromatic N) is 2. The van der Waals surface area contributed by atoms with Crippen LogP contribution >= 0.6 is 45.8 Å². The van der Waals surface area contributed by atoms with Gasteiger partial charge < -0.3 is 0 Å². The van der Waals surface area contributed by atoms with Crippen molar-refractivity contribution in [3.63, 3.8) is 0 Å². The van der Waals surface area contributed by atoms with Crippen molar-refractivity contribution in [2.24, 2.45) is 0 Å². The van der Waals surface area contributed by atoms with Gasteiger partial charge in [0, 0.05) is 21.4 Å². The summed E-state index contributed by atoms with van der Waals surface area (Å²) in [5.41, 5.74) is 0.693. The fourth-order valence-corrected chi connectivity index (χ4v) is 1.94. The molecule has 2 rings (SSSR count). The Hall–Kier alpha value is -0.130. The van der Waals surface area contributed by atoms with Gasteiger partial charge in [0.15, 0.2) is 5.15 Å². The summed E-state index contributed by atoms with van der Waals surface area (Å²) in [5, 5.41) is 1.95. The summed E-state index contributed by atoms with van der Waals surface area (Å²) in [5.74, 6) is 0. The molecule has 0 unspecified atom stereocenters. The molecule has 0 saturated heterocycles. The summed E-state index contributed by atoms with van der Waals surface area (Å²) in [6.07, 6.45) is 3.26. The molecule has 13 heavy (non-hydrogen) atoms. The average molecular weight is 325 g/mol. The number of fused-ring (bicyclic) bond motifs is 1. The summed E-state index contributed by atoms with van der Waals surface area (Å²) in [6.45, 7) is 0. The predicted octanol–water partition coefficient (Wildman–Crippen LogP) is 3.54. The molecule has 2 heterocycles. The van der Waals surface area contributed by atoms with E-state index in [1.54, 1.807) is 12.4 Å². The molecule has 0 spiro atoms. The van der Waals surface area contributed by atoms with Crippen molar-refractivity contribution in [2.75, 3.05) is 0 Å². The Balaban J connectivity index is 2.92. The van der Waals surface area contributed by atoms with Crippen LogP contribution in [0, 0.1) is 3.57 Å². The van der Waals surface area contributed by atoms with Crippen LogP contribution in [-0.4, -0.2) is 9.97 Å². The molecule has 2 aromatic heterocycles. The second kappa shape index (κ2) is 3.55. The molecule has 0 bridgehead atoms. The lowest BCUT2D eigenvalue weighted by molar-refractivity contribution is 1.30. The normalized spacial score (nSPS) is 10.7. The van der Waals surface area contributed by atoms with E-state index in [4.69, 9.17) is 23.2 Å². The number of rotatable bonds is 0. The van der Waals surface area contributed by atoms with E-state index in [9.17, 15) is 0 Å². The minimum Gasteiger partial charge on any atom is -0.251 e. The SMILES string of the molecule is Clc1cnc2c(Cl)ncc(I)c2c1. The maximum Gasteiger partial charge on any atom is 0.155 e. The Morgan fingerprint density at radius 3 is 2.69 bits per heavy atom. The van der Waals surface area contributed by atoms with Crippen LogP contribution in [0.1, 0.15) is 0 Å². The molecule has 0 amide bonds. The first kappa shape index (κ1) is 9.43. The molecular weight excluding hydrogens is 322 g/mol. The smallest absolute Gasteiger partial charge is 0.155 e. The van der Waals surface area contributed by atoms with Gasteiger partial charge in [-0.05, 0) is 28.7 Å². The van der Waals surface area contributed by atoms with E-state index in [0.717, 1.165) is 8.96 Å². The topological polar surface area (TPSA) is 25.8 Å². The summed E-state index contributed by atoms with van der Waals surface area (Å²) in [4.78, 5) is 8.10. The number of aromatic nitrogens is 2. The van der Waals surface area contributed by atoms with Crippen molar-refractivity contribution in [2.45, 2.75) is 0 Å². The van der Waals surface area contributed by atoms with Crippen LogP contribution in [0.2, 0.25) is 10.2 Å². The van der Waals surface area contributed by atoms with Gasteiger partial charge in [0.2, 0.25) is 0 Å². The van der Waals surface area contributed by atoms with E-state index >= 15 is 0 Å². The minimum absolute atomic E-state index is 0.409. The Morgan fingerprint density at radius 2 is 1.92 bits per heavy atom. The number of pyridine rings is 2. The predicted molar refractivity (Wildman–Crippen MR) is 62.3 cm³/mol. The van der Waals surface area contributed by atoms with Crippen LogP contribution in [0.25, 0.3) is 10.9 Å². The first-order valence-electron chi connectivity index (χ1n) is 3.44. The molecule has 0 saturated carbocycles. The zero-order valence-corrected chi connectivity index (χ0v) is 9.93. The van der Waals surface area contributed by atoms with Gasteiger partial charge in [-0.15, -0.1) is 0 Å². The van der Waals surface area contributed by atoms with Crippen LogP contribution in [0.4, 0.5) is 0 Å². The number of hydrogen-bond donors (Lipinski definition) is 0. The van der Waals surface area contributed by atoms with Crippen LogP contribution < -0.4 is 0 Å². The van der Waals surface area contributed by atoms with Crippen molar-refractivity contribution < 1.29 is 0 Å². The molecule has 2 aromatic rings. The lowest BCUT2D eigenvalue weighted by Gasteiger charge is -2.00. The van der Waals surface area contributed by atoms with E-state index < -0.39 is 0 Å². The van der Waals surface area contributed by atoms with Gasteiger partial charge in [-0.2, -0.15) is 0 Å². The molecule has 0 aliphatic carbocycles. The second-order valence-corrected chi connectivity index (χ2v) is 4.40. The summed E-state index contributed by atoms with van der Waals surface area (Å²) >= 11 is 13.8. The van der Waals surface area contributed by atoms with E-state index in [0.29, 0.717) is 15.7 Å². The zero-order chi connectivity index (χ0) is 9.42. The van der Waals surface area contributed by atoms with Gasteiger partial charge in [0.05, 0.1) is 5.02 Å². The molecule has 0 fully saturated rings. The van der Waals surface area contributed by atoms with Gasteiger partial charge >= 0.3 is 0 Å². The summed E-state index contributed by atoms with van der Waals surface area (Å²) in [6, 6.07) is 1.83. The highest BCUT2D eigenvalue weighted by molar-refractivity contribution is 14.1. The molecule has 0 aliphatic rings. The first-order chi connectivity index (χ1) is 6.18. The van der Waals surface area contributed by atoms with Gasteiger partial charge in [0.25, 0.3) is 0 Å². The standard InChI is InChI=1S/C8H3Cl2IN2/c9-4-1-5-6(11)3-13-8(10)7(5)12-2-4/h1-3H. The van der Waals surface area contributed by atoms with Crippen LogP contribution in [0.15, 0.2) is 18.5 Å². The third-order valence-corrected chi connectivity index (χ3v) is 2.94. The van der Waals surface area contributed by atoms with Crippen molar-refractivity contribution in [1.29, 1.82) is 0 Å². The van der Waals surface area contributed by atoms with Crippen molar-refractivity contribution in [3.8, 4) is 0 Å². The molecule has 2 nitrogen and oxygen atoms in total. The quantitative estimate of drug-likeness (QED) is 0.547. The Bertz CT molecular complexity index is 473. The number of hydrogen-bond acceptors (Lipinski definition) is 2. The summed E-state index contributed by atoms with van der Waals surface area (Å²) < 4.78 is 0.993.